The van der Waals surface area contributed by atoms with Gasteiger partial charge in [-0.1, -0.05) is 12.2 Å². The SMILES string of the molecule is C=C1CC(C(=O)N/N=C\c2cc(I)c(O)c(OC)c2)C1. The molecule has 0 heterocycles. The number of benzene rings is 1. The average molecular weight is 386 g/mol. The van der Waals surface area contributed by atoms with Crippen molar-refractivity contribution in [2.75, 3.05) is 7.11 Å². The van der Waals surface area contributed by atoms with E-state index >= 15 is 0 Å². The summed E-state index contributed by atoms with van der Waals surface area (Å²) in [6.07, 6.45) is 3.01. The van der Waals surface area contributed by atoms with Crippen LogP contribution in [0.2, 0.25) is 0 Å². The summed E-state index contributed by atoms with van der Waals surface area (Å²) >= 11 is 2.00. The van der Waals surface area contributed by atoms with Crippen molar-refractivity contribution in [2.45, 2.75) is 12.8 Å². The van der Waals surface area contributed by atoms with Crippen molar-refractivity contribution in [1.29, 1.82) is 0 Å². The lowest BCUT2D eigenvalue weighted by molar-refractivity contribution is -0.126. The molecule has 0 aromatic heterocycles. The zero-order valence-electron chi connectivity index (χ0n) is 11.0. The molecule has 5 nitrogen and oxygen atoms in total. The number of ether oxygens (including phenoxy) is 1. The Bertz CT molecular complexity index is 576. The molecule has 0 saturated heterocycles. The van der Waals surface area contributed by atoms with Crippen LogP contribution in [0, 0.1) is 9.49 Å². The van der Waals surface area contributed by atoms with Crippen LogP contribution in [0.3, 0.4) is 0 Å². The van der Waals surface area contributed by atoms with E-state index < -0.39 is 0 Å². The van der Waals surface area contributed by atoms with Gasteiger partial charge in [-0.05, 0) is 53.1 Å². The van der Waals surface area contributed by atoms with Gasteiger partial charge in [0.15, 0.2) is 11.5 Å². The molecule has 1 aromatic rings. The summed E-state index contributed by atoms with van der Waals surface area (Å²) in [6, 6.07) is 3.40. The van der Waals surface area contributed by atoms with E-state index in [9.17, 15) is 9.90 Å². The molecule has 0 bridgehead atoms. The zero-order chi connectivity index (χ0) is 14.7. The van der Waals surface area contributed by atoms with Gasteiger partial charge in [0.1, 0.15) is 0 Å². The van der Waals surface area contributed by atoms with Crippen molar-refractivity contribution in [1.82, 2.24) is 5.43 Å². The van der Waals surface area contributed by atoms with Crippen molar-refractivity contribution in [3.05, 3.63) is 33.4 Å². The number of nitrogens with zero attached hydrogens (tertiary/aromatic N) is 1. The second-order valence-electron chi connectivity index (χ2n) is 4.64. The largest absolute Gasteiger partial charge is 0.504 e. The molecular weight excluding hydrogens is 371 g/mol. The van der Waals surface area contributed by atoms with Gasteiger partial charge in [0.2, 0.25) is 5.91 Å². The Kier molecular flexibility index (Phi) is 4.64. The lowest BCUT2D eigenvalue weighted by atomic mass is 9.81. The Labute approximate surface area is 130 Å². The van der Waals surface area contributed by atoms with Gasteiger partial charge in [-0.2, -0.15) is 5.10 Å². The highest BCUT2D eigenvalue weighted by atomic mass is 127. The number of hydrazone groups is 1. The molecule has 0 atom stereocenters. The normalized spacial score (nSPS) is 15.2. The predicted molar refractivity (Wildman–Crippen MR) is 85.0 cm³/mol. The quantitative estimate of drug-likeness (QED) is 0.362. The minimum Gasteiger partial charge on any atom is -0.504 e. The second-order valence-corrected chi connectivity index (χ2v) is 5.81. The van der Waals surface area contributed by atoms with Gasteiger partial charge in [-0.25, -0.2) is 5.43 Å². The van der Waals surface area contributed by atoms with Gasteiger partial charge in [-0.3, -0.25) is 4.79 Å². The molecule has 1 fully saturated rings. The molecule has 1 aliphatic rings. The van der Waals surface area contributed by atoms with Crippen LogP contribution >= 0.6 is 22.6 Å². The minimum absolute atomic E-state index is 0.00543. The van der Waals surface area contributed by atoms with E-state index in [1.54, 1.807) is 12.1 Å². The highest BCUT2D eigenvalue weighted by Gasteiger charge is 2.28. The summed E-state index contributed by atoms with van der Waals surface area (Å²) in [5.74, 6) is 0.380. The van der Waals surface area contributed by atoms with Crippen LogP contribution in [0.5, 0.6) is 11.5 Å². The average Bonchev–Trinajstić information content (AvgIpc) is 2.38. The Hall–Kier alpha value is -1.57. The number of allylic oxidation sites excluding steroid dienone is 1. The molecule has 2 rings (SSSR count). The molecule has 0 spiro atoms. The zero-order valence-corrected chi connectivity index (χ0v) is 13.2. The lowest BCUT2D eigenvalue weighted by Crippen LogP contribution is -2.32. The molecule has 1 aromatic carbocycles. The van der Waals surface area contributed by atoms with Gasteiger partial charge >= 0.3 is 0 Å². The van der Waals surface area contributed by atoms with Crippen LogP contribution < -0.4 is 10.2 Å². The van der Waals surface area contributed by atoms with Crippen molar-refractivity contribution in [3.63, 3.8) is 0 Å². The number of nitrogens with one attached hydrogen (secondary N) is 1. The molecule has 106 valence electrons. The number of phenols is 1. The van der Waals surface area contributed by atoms with E-state index in [-0.39, 0.29) is 17.6 Å². The van der Waals surface area contributed by atoms with Crippen molar-refractivity contribution in [3.8, 4) is 11.5 Å². The maximum atomic E-state index is 11.7. The number of carbonyl (C=O) groups is 1. The van der Waals surface area contributed by atoms with Crippen molar-refractivity contribution < 1.29 is 14.6 Å². The van der Waals surface area contributed by atoms with Gasteiger partial charge in [-0.15, -0.1) is 0 Å². The molecule has 0 aliphatic heterocycles. The first-order chi connectivity index (χ1) is 9.51. The van der Waals surface area contributed by atoms with Gasteiger partial charge in [0.05, 0.1) is 16.9 Å². The second kappa shape index (κ2) is 6.25. The van der Waals surface area contributed by atoms with Crippen molar-refractivity contribution in [2.24, 2.45) is 11.0 Å². The minimum atomic E-state index is -0.0888. The number of rotatable bonds is 4. The summed E-state index contributed by atoms with van der Waals surface area (Å²) < 4.78 is 5.71. The van der Waals surface area contributed by atoms with Crippen molar-refractivity contribution >= 4 is 34.7 Å². The number of methoxy groups -OCH3 is 1. The third kappa shape index (κ3) is 3.30. The fourth-order valence-corrected chi connectivity index (χ4v) is 2.53. The number of hydrogen-bond acceptors (Lipinski definition) is 4. The first-order valence-corrected chi connectivity index (χ1v) is 7.15. The van der Waals surface area contributed by atoms with Gasteiger partial charge in [0.25, 0.3) is 0 Å². The standard InChI is InChI=1S/C14H15IN2O3/c1-8-3-10(4-8)14(19)17-16-7-9-5-11(15)13(18)12(6-9)20-2/h5-7,10,18H,1,3-4H2,2H3,(H,17,19)/b16-7-. The van der Waals surface area contributed by atoms with Crippen LogP contribution in [-0.4, -0.2) is 24.3 Å². The third-order valence-electron chi connectivity index (χ3n) is 3.10. The highest BCUT2D eigenvalue weighted by molar-refractivity contribution is 14.1. The number of phenolic OH excluding ortho intramolecular Hbond substituents is 1. The Morgan fingerprint density at radius 3 is 2.90 bits per heavy atom. The highest BCUT2D eigenvalue weighted by Crippen LogP contribution is 2.32. The molecule has 20 heavy (non-hydrogen) atoms. The molecule has 1 aliphatic carbocycles. The van der Waals surface area contributed by atoms with E-state index in [4.69, 9.17) is 4.74 Å². The molecule has 2 N–H and O–H groups in total. The molecular formula is C14H15IN2O3. The molecule has 1 amide bonds. The monoisotopic (exact) mass is 386 g/mol. The van der Waals surface area contributed by atoms with E-state index in [2.05, 4.69) is 17.1 Å². The first-order valence-electron chi connectivity index (χ1n) is 6.07. The van der Waals surface area contributed by atoms with E-state index in [0.29, 0.717) is 9.32 Å². The number of halogens is 1. The fraction of sp³-hybridized carbons (Fsp3) is 0.286. The van der Waals surface area contributed by atoms with Gasteiger partial charge < -0.3 is 9.84 Å². The molecule has 0 radical (unpaired) electrons. The summed E-state index contributed by atoms with van der Waals surface area (Å²) in [7, 11) is 1.48. The van der Waals surface area contributed by atoms with Crippen LogP contribution in [-0.2, 0) is 4.79 Å². The Balaban J connectivity index is 1.99. The molecule has 1 saturated carbocycles. The smallest absolute Gasteiger partial charge is 0.243 e. The predicted octanol–water partition coefficient (Wildman–Crippen LogP) is 2.42. The topological polar surface area (TPSA) is 70.9 Å². The van der Waals surface area contributed by atoms with Crippen LogP contribution in [0.15, 0.2) is 29.4 Å². The number of carbonyl (C=O) groups excluding carboxylic acids is 1. The Morgan fingerprint density at radius 2 is 2.30 bits per heavy atom. The fourth-order valence-electron chi connectivity index (χ4n) is 1.91. The summed E-state index contributed by atoms with van der Waals surface area (Å²) in [5.41, 5.74) is 4.35. The van der Waals surface area contributed by atoms with E-state index in [0.717, 1.165) is 24.0 Å². The summed E-state index contributed by atoms with van der Waals surface area (Å²) in [6.45, 7) is 3.80. The number of amides is 1. The summed E-state index contributed by atoms with van der Waals surface area (Å²) in [5, 5.41) is 13.6. The summed E-state index contributed by atoms with van der Waals surface area (Å²) in [4.78, 5) is 11.7. The lowest BCUT2D eigenvalue weighted by Gasteiger charge is -2.25. The van der Waals surface area contributed by atoms with Crippen LogP contribution in [0.1, 0.15) is 18.4 Å². The van der Waals surface area contributed by atoms with Crippen LogP contribution in [0.4, 0.5) is 0 Å². The number of hydrogen-bond donors (Lipinski definition) is 2. The maximum absolute atomic E-state index is 11.7. The van der Waals surface area contributed by atoms with Crippen LogP contribution in [0.25, 0.3) is 0 Å². The van der Waals surface area contributed by atoms with E-state index in [1.165, 1.54) is 13.3 Å². The molecule has 6 heteroatoms. The maximum Gasteiger partial charge on any atom is 0.243 e. The first kappa shape index (κ1) is 14.8. The molecule has 0 unspecified atom stereocenters. The van der Waals surface area contributed by atoms with Gasteiger partial charge in [0, 0.05) is 5.92 Å². The number of aromatic hydroxyl groups is 1. The van der Waals surface area contributed by atoms with E-state index in [1.807, 2.05) is 22.6 Å². The third-order valence-corrected chi connectivity index (χ3v) is 3.92. The Morgan fingerprint density at radius 1 is 1.60 bits per heavy atom.